The first-order valence-corrected chi connectivity index (χ1v) is 12.6. The summed E-state index contributed by atoms with van der Waals surface area (Å²) in [4.78, 5) is 23.7. The second-order valence-corrected chi connectivity index (χ2v) is 8.92. The third-order valence-corrected chi connectivity index (χ3v) is 6.32. The molecule has 37 heavy (non-hydrogen) atoms. The summed E-state index contributed by atoms with van der Waals surface area (Å²) in [5.74, 6) is 1.91. The van der Waals surface area contributed by atoms with Crippen LogP contribution in [0.4, 0.5) is 11.5 Å². The van der Waals surface area contributed by atoms with Crippen molar-refractivity contribution in [3.8, 4) is 11.5 Å². The Morgan fingerprint density at radius 3 is 2.70 bits per heavy atom. The van der Waals surface area contributed by atoms with Crippen LogP contribution < -0.4 is 25.0 Å². The molecule has 3 aromatic rings. The summed E-state index contributed by atoms with van der Waals surface area (Å²) >= 11 is 0. The molecule has 6 bridgehead atoms. The average molecular weight is 603 g/mol. The van der Waals surface area contributed by atoms with Gasteiger partial charge in [-0.05, 0) is 25.0 Å². The van der Waals surface area contributed by atoms with Crippen LogP contribution in [0.3, 0.4) is 0 Å². The molecule has 3 heterocycles. The summed E-state index contributed by atoms with van der Waals surface area (Å²) in [6, 6.07) is 12.0. The average Bonchev–Trinajstić information content (AvgIpc) is 2.92. The minimum Gasteiger partial charge on any atom is -0.506 e. The van der Waals surface area contributed by atoms with E-state index >= 15 is 0 Å². The first kappa shape index (κ1) is 27.2. The van der Waals surface area contributed by atoms with Gasteiger partial charge in [-0.3, -0.25) is 4.79 Å². The Bertz CT molecular complexity index is 1190. The number of carbonyl (C=O) groups excluding carboxylic acids is 1. The Balaban J connectivity index is 0.00000320. The van der Waals surface area contributed by atoms with Crippen LogP contribution in [0.25, 0.3) is 10.9 Å². The predicted molar refractivity (Wildman–Crippen MR) is 139 cm³/mol. The molecule has 1 amide bonds. The Labute approximate surface area is 237 Å². The van der Waals surface area contributed by atoms with Crippen LogP contribution in [0.15, 0.2) is 42.7 Å². The number of carbonyl (C=O) groups is 1. The number of benzene rings is 2. The molecule has 0 spiro atoms. The monoisotopic (exact) mass is 604 g/mol. The quantitative estimate of drug-likeness (QED) is 0.323. The smallest absolute Gasteiger partial charge is 0.257 e. The second kappa shape index (κ2) is 13.7. The van der Waals surface area contributed by atoms with E-state index in [0.29, 0.717) is 43.4 Å². The van der Waals surface area contributed by atoms with Gasteiger partial charge in [0.2, 0.25) is 0 Å². The van der Waals surface area contributed by atoms with Crippen molar-refractivity contribution in [3.63, 3.8) is 0 Å². The van der Waals surface area contributed by atoms with Gasteiger partial charge in [0.1, 0.15) is 23.4 Å². The molecule has 0 unspecified atom stereocenters. The fraction of sp³-hybridized carbons (Fsp3) is 0.407. The third-order valence-electron chi connectivity index (χ3n) is 6.32. The van der Waals surface area contributed by atoms with E-state index in [1.807, 2.05) is 36.9 Å². The number of fused-ring (bicyclic) bond motifs is 2. The molecule has 2 aromatic carbocycles. The number of aromatic nitrogens is 2. The van der Waals surface area contributed by atoms with Crippen LogP contribution in [0.1, 0.15) is 31.2 Å². The van der Waals surface area contributed by atoms with Gasteiger partial charge in [-0.2, -0.15) is 11.6 Å². The number of nitrogens with one attached hydrogen (secondary N) is 2. The topological polar surface area (TPSA) is 97.8 Å². The van der Waals surface area contributed by atoms with E-state index in [-0.39, 0.29) is 39.8 Å². The summed E-state index contributed by atoms with van der Waals surface area (Å²) in [5, 5.41) is 7.11. The fourth-order valence-corrected chi connectivity index (χ4v) is 4.39. The molecule has 5 rings (SSSR count). The van der Waals surface area contributed by atoms with Gasteiger partial charge in [0.05, 0.1) is 25.6 Å². The summed E-state index contributed by atoms with van der Waals surface area (Å²) in [6.45, 7) is 6.02. The van der Waals surface area contributed by atoms with Crippen molar-refractivity contribution in [2.75, 3.05) is 56.3 Å². The first-order valence-electron chi connectivity index (χ1n) is 12.6. The van der Waals surface area contributed by atoms with Crippen molar-refractivity contribution >= 4 is 28.3 Å². The zero-order valence-corrected chi connectivity index (χ0v) is 25.1. The number of hydrogen-bond donors (Lipinski definition) is 2. The molecule has 10 heteroatoms. The second-order valence-electron chi connectivity index (χ2n) is 8.92. The van der Waals surface area contributed by atoms with Gasteiger partial charge in [0.15, 0.2) is 6.61 Å². The molecule has 1 saturated heterocycles. The summed E-state index contributed by atoms with van der Waals surface area (Å²) in [7, 11) is 0. The molecule has 2 aliphatic rings. The Hall–Kier alpha value is -2.80. The number of anilines is 2. The maximum absolute atomic E-state index is 12.4. The normalized spacial score (nSPS) is 17.3. The van der Waals surface area contributed by atoms with Crippen LogP contribution in [0.2, 0.25) is 0 Å². The van der Waals surface area contributed by atoms with Crippen molar-refractivity contribution in [1.29, 1.82) is 0 Å². The molecular formula is C27H32CdN5O4-. The van der Waals surface area contributed by atoms with E-state index < -0.39 is 0 Å². The van der Waals surface area contributed by atoms with E-state index in [2.05, 4.69) is 31.6 Å². The zero-order chi connectivity index (χ0) is 24.6. The molecule has 0 saturated carbocycles. The molecule has 192 valence electrons. The van der Waals surface area contributed by atoms with Crippen molar-refractivity contribution in [2.24, 2.45) is 0 Å². The minimum atomic E-state index is -0.142. The van der Waals surface area contributed by atoms with Crippen LogP contribution in [-0.2, 0) is 36.8 Å². The van der Waals surface area contributed by atoms with E-state index in [9.17, 15) is 4.79 Å². The SMILES string of the molecule is O=C1COc2cc(N3CCOCC3)cc3c(ncnc23)N[CH-]c2cccc(c2)OCCCCCCN1.[Cd]. The van der Waals surface area contributed by atoms with Gasteiger partial charge < -0.3 is 29.7 Å². The molecule has 2 N–H and O–H groups in total. The van der Waals surface area contributed by atoms with E-state index in [4.69, 9.17) is 14.2 Å². The van der Waals surface area contributed by atoms with Gasteiger partial charge in [-0.1, -0.05) is 19.4 Å². The van der Waals surface area contributed by atoms with Gasteiger partial charge in [0.25, 0.3) is 5.91 Å². The number of morpholine rings is 1. The van der Waals surface area contributed by atoms with Gasteiger partial charge in [-0.25, -0.2) is 9.97 Å². The maximum atomic E-state index is 12.4. The molecule has 0 atom stereocenters. The van der Waals surface area contributed by atoms with Crippen LogP contribution in [0, 0.1) is 6.54 Å². The van der Waals surface area contributed by atoms with Gasteiger partial charge in [-0.15, -0.1) is 12.1 Å². The molecule has 1 fully saturated rings. The van der Waals surface area contributed by atoms with E-state index in [1.54, 1.807) is 0 Å². The summed E-state index contributed by atoms with van der Waals surface area (Å²) < 4.78 is 17.5. The number of rotatable bonds is 1. The Morgan fingerprint density at radius 1 is 0.946 bits per heavy atom. The van der Waals surface area contributed by atoms with Crippen molar-refractivity contribution in [1.82, 2.24) is 15.3 Å². The molecule has 2 aliphatic heterocycles. The minimum absolute atomic E-state index is 0. The van der Waals surface area contributed by atoms with Crippen molar-refractivity contribution < 1.29 is 46.3 Å². The van der Waals surface area contributed by atoms with Gasteiger partial charge >= 0.3 is 0 Å². The largest absolute Gasteiger partial charge is 0.506 e. The van der Waals surface area contributed by atoms with Crippen LogP contribution in [0.5, 0.6) is 11.5 Å². The third kappa shape index (κ3) is 7.38. The Morgan fingerprint density at radius 2 is 1.81 bits per heavy atom. The summed E-state index contributed by atoms with van der Waals surface area (Å²) in [6.07, 6.45) is 5.49. The zero-order valence-electron chi connectivity index (χ0n) is 21.1. The predicted octanol–water partition coefficient (Wildman–Crippen LogP) is 3.53. The standard InChI is InChI=1S/C27H32N5O4.Cd/c33-25-18-36-24-16-21(32-9-12-34-13-10-32)15-23-26(24)30-19-31-27(23)29-17-20-6-5-7-22(14-20)35-11-4-2-1-3-8-28-25;/h5-7,14-17,19H,1-4,8-13,18H2,(H,28,33)(H,29,30,31);/q-1;. The van der Waals surface area contributed by atoms with E-state index in [0.717, 1.165) is 61.2 Å². The Kier molecular flexibility index (Phi) is 10.1. The summed E-state index contributed by atoms with van der Waals surface area (Å²) in [5.41, 5.74) is 2.61. The number of nitrogens with zero attached hydrogens (tertiary/aromatic N) is 3. The molecule has 0 aliphatic carbocycles. The van der Waals surface area contributed by atoms with Crippen molar-refractivity contribution in [2.45, 2.75) is 25.7 Å². The van der Waals surface area contributed by atoms with Crippen molar-refractivity contribution in [3.05, 3.63) is 54.8 Å². The number of ether oxygens (including phenoxy) is 3. The number of amides is 1. The molecule has 9 nitrogen and oxygen atoms in total. The van der Waals surface area contributed by atoms with E-state index in [1.165, 1.54) is 6.33 Å². The first-order chi connectivity index (χ1) is 17.8. The molecular weight excluding hydrogens is 571 g/mol. The van der Waals surface area contributed by atoms with Crippen LogP contribution in [-0.4, -0.2) is 61.9 Å². The van der Waals surface area contributed by atoms with Gasteiger partial charge in [0, 0.05) is 64.1 Å². The molecule has 1 aromatic heterocycles. The van der Waals surface area contributed by atoms with Crippen LogP contribution >= 0.6 is 0 Å². The number of hydrogen-bond acceptors (Lipinski definition) is 8. The maximum Gasteiger partial charge on any atom is 0.257 e. The fourth-order valence-electron chi connectivity index (χ4n) is 4.39. The molecule has 0 radical (unpaired) electrons.